The Kier molecular flexibility index (Phi) is 2.43. The maximum atomic E-state index is 12.1. The molecule has 2 atom stereocenters. The number of carbonyl (C=O) groups is 2. The van der Waals surface area contributed by atoms with Crippen LogP contribution < -0.4 is 5.32 Å². The molecule has 0 bridgehead atoms. The minimum atomic E-state index is -0.113. The van der Waals surface area contributed by atoms with Crippen LogP contribution in [0.2, 0.25) is 0 Å². The van der Waals surface area contributed by atoms with Crippen molar-refractivity contribution in [3.05, 3.63) is 12.2 Å². The van der Waals surface area contributed by atoms with Crippen LogP contribution in [-0.4, -0.2) is 35.8 Å². The molecule has 1 heterocycles. The summed E-state index contributed by atoms with van der Waals surface area (Å²) in [6.07, 6.45) is 2.46. The van der Waals surface area contributed by atoms with Crippen LogP contribution in [0.25, 0.3) is 0 Å². The van der Waals surface area contributed by atoms with Gasteiger partial charge >= 0.3 is 0 Å². The fourth-order valence-corrected chi connectivity index (χ4v) is 3.02. The highest BCUT2D eigenvalue weighted by molar-refractivity contribution is 6.10. The molecule has 1 N–H and O–H groups in total. The Bertz CT molecular complexity index is 413. The first-order valence-electron chi connectivity index (χ1n) is 6.68. The lowest BCUT2D eigenvalue weighted by molar-refractivity contribution is -0.142. The van der Waals surface area contributed by atoms with Gasteiger partial charge in [-0.3, -0.25) is 14.5 Å². The number of amides is 2. The first-order valence-corrected chi connectivity index (χ1v) is 6.68. The maximum Gasteiger partial charge on any atom is 0.233 e. The van der Waals surface area contributed by atoms with Crippen LogP contribution in [0.1, 0.15) is 26.7 Å². The predicted molar refractivity (Wildman–Crippen MR) is 67.6 cm³/mol. The third-order valence-corrected chi connectivity index (χ3v) is 4.49. The molecule has 3 fully saturated rings. The molecule has 0 aromatic carbocycles. The molecule has 4 heteroatoms. The van der Waals surface area contributed by atoms with Crippen LogP contribution in [0.4, 0.5) is 0 Å². The van der Waals surface area contributed by atoms with Gasteiger partial charge in [-0.15, -0.1) is 0 Å². The normalized spacial score (nSPS) is 32.7. The second kappa shape index (κ2) is 3.67. The average Bonchev–Trinajstić information content (AvgIpc) is 3.16. The van der Waals surface area contributed by atoms with Crippen molar-refractivity contribution < 1.29 is 9.59 Å². The van der Waals surface area contributed by atoms with Crippen LogP contribution in [0.5, 0.6) is 0 Å². The standard InChI is InChI=1S/C14H20N2O2/c1-8(6-15-9-4-5-9)7-16-12(17)10-11(13(16)18)14(10,2)3/h9-11,15H,1,4-7H2,2-3H3. The summed E-state index contributed by atoms with van der Waals surface area (Å²) in [6, 6.07) is 0.624. The van der Waals surface area contributed by atoms with Gasteiger partial charge in [-0.25, -0.2) is 0 Å². The second-order valence-corrected chi connectivity index (χ2v) is 6.44. The van der Waals surface area contributed by atoms with E-state index in [9.17, 15) is 9.59 Å². The number of hydrogen-bond acceptors (Lipinski definition) is 3. The summed E-state index contributed by atoms with van der Waals surface area (Å²) < 4.78 is 0. The third kappa shape index (κ3) is 1.70. The van der Waals surface area contributed by atoms with E-state index >= 15 is 0 Å². The van der Waals surface area contributed by atoms with Gasteiger partial charge in [0.15, 0.2) is 0 Å². The Morgan fingerprint density at radius 1 is 1.33 bits per heavy atom. The largest absolute Gasteiger partial charge is 0.310 e. The summed E-state index contributed by atoms with van der Waals surface area (Å²) in [5.74, 6) is -0.145. The number of nitrogens with one attached hydrogen (secondary N) is 1. The lowest BCUT2D eigenvalue weighted by atomic mass is 10.1. The van der Waals surface area contributed by atoms with Crippen LogP contribution >= 0.6 is 0 Å². The predicted octanol–water partition coefficient (Wildman–Crippen LogP) is 0.936. The zero-order chi connectivity index (χ0) is 13.1. The lowest BCUT2D eigenvalue weighted by Gasteiger charge is -2.21. The summed E-state index contributed by atoms with van der Waals surface area (Å²) in [5, 5.41) is 3.35. The van der Waals surface area contributed by atoms with Crippen LogP contribution in [-0.2, 0) is 9.59 Å². The maximum absolute atomic E-state index is 12.1. The van der Waals surface area contributed by atoms with Crippen molar-refractivity contribution >= 4 is 11.8 Å². The molecule has 0 radical (unpaired) electrons. The molecule has 2 aliphatic carbocycles. The molecule has 2 unspecified atom stereocenters. The summed E-state index contributed by atoms with van der Waals surface area (Å²) >= 11 is 0. The fraction of sp³-hybridized carbons (Fsp3) is 0.714. The zero-order valence-electron chi connectivity index (χ0n) is 11.0. The van der Waals surface area contributed by atoms with Gasteiger partial charge in [0.05, 0.1) is 18.4 Å². The van der Waals surface area contributed by atoms with E-state index in [1.165, 1.54) is 17.7 Å². The number of fused-ring (bicyclic) bond motifs is 1. The van der Waals surface area contributed by atoms with E-state index in [1.54, 1.807) is 0 Å². The minimum Gasteiger partial charge on any atom is -0.310 e. The molecule has 1 aliphatic heterocycles. The van der Waals surface area contributed by atoms with Crippen LogP contribution in [0.15, 0.2) is 12.2 Å². The summed E-state index contributed by atoms with van der Waals surface area (Å²) in [5.41, 5.74) is 0.806. The number of piperidine rings is 1. The number of likely N-dealkylation sites (tertiary alicyclic amines) is 1. The van der Waals surface area contributed by atoms with Gasteiger partial charge in [0.25, 0.3) is 0 Å². The van der Waals surface area contributed by atoms with E-state index in [0.717, 1.165) is 5.57 Å². The highest BCUT2D eigenvalue weighted by Gasteiger charge is 2.72. The van der Waals surface area contributed by atoms with E-state index in [4.69, 9.17) is 0 Å². The van der Waals surface area contributed by atoms with E-state index in [0.29, 0.717) is 19.1 Å². The minimum absolute atomic E-state index is 0.00238. The van der Waals surface area contributed by atoms with Crippen molar-refractivity contribution in [3.8, 4) is 0 Å². The van der Waals surface area contributed by atoms with Crippen molar-refractivity contribution in [1.29, 1.82) is 0 Å². The highest BCUT2D eigenvalue weighted by Crippen LogP contribution is 2.63. The smallest absolute Gasteiger partial charge is 0.233 e. The summed E-state index contributed by atoms with van der Waals surface area (Å²) in [6.45, 7) is 9.05. The molecule has 1 saturated heterocycles. The number of imide groups is 1. The molecule has 4 nitrogen and oxygen atoms in total. The first kappa shape index (κ1) is 11.9. The lowest BCUT2D eigenvalue weighted by Crippen LogP contribution is -2.38. The van der Waals surface area contributed by atoms with Crippen molar-refractivity contribution in [1.82, 2.24) is 10.2 Å². The van der Waals surface area contributed by atoms with E-state index in [1.807, 2.05) is 13.8 Å². The summed E-state index contributed by atoms with van der Waals surface area (Å²) in [4.78, 5) is 25.6. The van der Waals surface area contributed by atoms with Crippen molar-refractivity contribution in [2.75, 3.05) is 13.1 Å². The average molecular weight is 248 g/mol. The van der Waals surface area contributed by atoms with E-state index in [2.05, 4.69) is 11.9 Å². The zero-order valence-corrected chi connectivity index (χ0v) is 11.0. The summed E-state index contributed by atoms with van der Waals surface area (Å²) in [7, 11) is 0. The van der Waals surface area contributed by atoms with Gasteiger partial charge in [-0.05, 0) is 23.8 Å². The molecule has 3 aliphatic rings. The van der Waals surface area contributed by atoms with Gasteiger partial charge in [0.2, 0.25) is 11.8 Å². The molecule has 0 spiro atoms. The molecule has 98 valence electrons. The fourth-order valence-electron chi connectivity index (χ4n) is 3.02. The van der Waals surface area contributed by atoms with Crippen molar-refractivity contribution in [3.63, 3.8) is 0 Å². The Morgan fingerprint density at radius 3 is 2.39 bits per heavy atom. The molecule has 18 heavy (non-hydrogen) atoms. The molecule has 2 amide bonds. The molecule has 2 saturated carbocycles. The second-order valence-electron chi connectivity index (χ2n) is 6.44. The third-order valence-electron chi connectivity index (χ3n) is 4.49. The van der Waals surface area contributed by atoms with E-state index < -0.39 is 0 Å². The van der Waals surface area contributed by atoms with Crippen LogP contribution in [0, 0.1) is 17.3 Å². The topological polar surface area (TPSA) is 49.4 Å². The number of rotatable bonds is 5. The Morgan fingerprint density at radius 2 is 1.89 bits per heavy atom. The van der Waals surface area contributed by atoms with Gasteiger partial charge in [-0.2, -0.15) is 0 Å². The monoisotopic (exact) mass is 248 g/mol. The number of hydrogen-bond donors (Lipinski definition) is 1. The quantitative estimate of drug-likeness (QED) is 0.582. The molecular formula is C14H20N2O2. The van der Waals surface area contributed by atoms with Crippen molar-refractivity contribution in [2.24, 2.45) is 17.3 Å². The molecule has 0 aromatic rings. The van der Waals surface area contributed by atoms with E-state index in [-0.39, 0.29) is 29.1 Å². The highest BCUT2D eigenvalue weighted by atomic mass is 16.2. The molecular weight excluding hydrogens is 228 g/mol. The van der Waals surface area contributed by atoms with Gasteiger partial charge < -0.3 is 5.32 Å². The number of nitrogens with zero attached hydrogens (tertiary/aromatic N) is 1. The van der Waals surface area contributed by atoms with Crippen LogP contribution in [0.3, 0.4) is 0 Å². The molecule has 3 rings (SSSR count). The Hall–Kier alpha value is -1.16. The van der Waals surface area contributed by atoms with Gasteiger partial charge in [0.1, 0.15) is 0 Å². The Labute approximate surface area is 107 Å². The first-order chi connectivity index (χ1) is 8.43. The molecule has 0 aromatic heterocycles. The van der Waals surface area contributed by atoms with Gasteiger partial charge in [-0.1, -0.05) is 20.4 Å². The number of carbonyl (C=O) groups excluding carboxylic acids is 2. The van der Waals surface area contributed by atoms with Gasteiger partial charge in [0, 0.05) is 12.6 Å². The van der Waals surface area contributed by atoms with Crippen molar-refractivity contribution in [2.45, 2.75) is 32.7 Å². The SMILES string of the molecule is C=C(CNC1CC1)CN1C(=O)C2C(C1=O)C2(C)C. The Balaban J connectivity index is 1.56.